The standard InChI is InChI=1S/C12H12ClN3/c1-2-4-10-7-11(13)16-12(15-10)9-5-3-6-14-8-9/h3,5-8H,2,4H2,1H3. The molecule has 0 saturated carbocycles. The molecule has 0 amide bonds. The summed E-state index contributed by atoms with van der Waals surface area (Å²) in [6.45, 7) is 2.11. The molecular formula is C12H12ClN3. The highest BCUT2D eigenvalue weighted by Crippen LogP contribution is 2.17. The number of aromatic nitrogens is 3. The summed E-state index contributed by atoms with van der Waals surface area (Å²) < 4.78 is 0. The molecular weight excluding hydrogens is 222 g/mol. The van der Waals surface area contributed by atoms with Crippen LogP contribution in [0.2, 0.25) is 5.15 Å². The summed E-state index contributed by atoms with van der Waals surface area (Å²) in [5, 5.41) is 0.484. The lowest BCUT2D eigenvalue weighted by molar-refractivity contribution is 0.875. The van der Waals surface area contributed by atoms with Crippen molar-refractivity contribution in [2.75, 3.05) is 0 Å². The fraction of sp³-hybridized carbons (Fsp3) is 0.250. The van der Waals surface area contributed by atoms with Crippen molar-refractivity contribution in [1.82, 2.24) is 15.0 Å². The molecule has 2 aromatic rings. The molecule has 0 atom stereocenters. The lowest BCUT2D eigenvalue weighted by Gasteiger charge is -2.03. The molecule has 0 bridgehead atoms. The van der Waals surface area contributed by atoms with Gasteiger partial charge in [0.05, 0.1) is 0 Å². The second-order valence-corrected chi connectivity index (χ2v) is 3.88. The molecule has 16 heavy (non-hydrogen) atoms. The zero-order valence-corrected chi connectivity index (χ0v) is 9.78. The zero-order valence-electron chi connectivity index (χ0n) is 9.02. The molecule has 0 aromatic carbocycles. The predicted molar refractivity (Wildman–Crippen MR) is 64.3 cm³/mol. The van der Waals surface area contributed by atoms with Crippen LogP contribution in [0.4, 0.5) is 0 Å². The number of hydrogen-bond donors (Lipinski definition) is 0. The Hall–Kier alpha value is -1.48. The summed E-state index contributed by atoms with van der Waals surface area (Å²) in [7, 11) is 0. The average molecular weight is 234 g/mol. The first kappa shape index (κ1) is 11.0. The molecule has 3 nitrogen and oxygen atoms in total. The normalized spacial score (nSPS) is 10.4. The number of rotatable bonds is 3. The first-order chi connectivity index (χ1) is 7.79. The summed E-state index contributed by atoms with van der Waals surface area (Å²) in [5.41, 5.74) is 1.86. The van der Waals surface area contributed by atoms with Crippen molar-refractivity contribution >= 4 is 11.6 Å². The molecule has 82 valence electrons. The van der Waals surface area contributed by atoms with Crippen molar-refractivity contribution in [3.8, 4) is 11.4 Å². The van der Waals surface area contributed by atoms with E-state index in [-0.39, 0.29) is 0 Å². The van der Waals surface area contributed by atoms with Crippen LogP contribution in [0.15, 0.2) is 30.6 Å². The van der Waals surface area contributed by atoms with Gasteiger partial charge in [-0.2, -0.15) is 0 Å². The van der Waals surface area contributed by atoms with Crippen LogP contribution >= 0.6 is 11.6 Å². The van der Waals surface area contributed by atoms with Gasteiger partial charge in [-0.05, 0) is 24.6 Å². The Labute approximate surface area is 99.5 Å². The molecule has 0 unspecified atom stereocenters. The molecule has 0 saturated heterocycles. The van der Waals surface area contributed by atoms with Gasteiger partial charge in [0.15, 0.2) is 5.82 Å². The lowest BCUT2D eigenvalue weighted by atomic mass is 10.2. The van der Waals surface area contributed by atoms with Gasteiger partial charge in [0.2, 0.25) is 0 Å². The van der Waals surface area contributed by atoms with Gasteiger partial charge in [-0.3, -0.25) is 4.98 Å². The van der Waals surface area contributed by atoms with Crippen molar-refractivity contribution in [1.29, 1.82) is 0 Å². The molecule has 0 aliphatic rings. The third kappa shape index (κ3) is 2.55. The highest BCUT2D eigenvalue weighted by Gasteiger charge is 2.05. The van der Waals surface area contributed by atoms with Gasteiger partial charge in [0.1, 0.15) is 5.15 Å². The second-order valence-electron chi connectivity index (χ2n) is 3.50. The Kier molecular flexibility index (Phi) is 3.47. The summed E-state index contributed by atoms with van der Waals surface area (Å²) >= 11 is 5.96. The number of halogens is 1. The minimum Gasteiger partial charge on any atom is -0.264 e. The van der Waals surface area contributed by atoms with Crippen molar-refractivity contribution in [2.45, 2.75) is 19.8 Å². The van der Waals surface area contributed by atoms with E-state index in [0.29, 0.717) is 11.0 Å². The maximum absolute atomic E-state index is 5.96. The van der Waals surface area contributed by atoms with Gasteiger partial charge in [-0.25, -0.2) is 9.97 Å². The molecule has 0 fully saturated rings. The third-order valence-corrected chi connectivity index (χ3v) is 2.37. The van der Waals surface area contributed by atoms with E-state index in [4.69, 9.17) is 11.6 Å². The second kappa shape index (κ2) is 5.03. The minimum absolute atomic E-state index is 0.484. The van der Waals surface area contributed by atoms with E-state index < -0.39 is 0 Å². The molecule has 0 N–H and O–H groups in total. The Bertz CT molecular complexity index is 471. The van der Waals surface area contributed by atoms with Gasteiger partial charge >= 0.3 is 0 Å². The van der Waals surface area contributed by atoms with Crippen molar-refractivity contribution in [3.63, 3.8) is 0 Å². The summed E-state index contributed by atoms with van der Waals surface area (Å²) in [4.78, 5) is 12.7. The van der Waals surface area contributed by atoms with Crippen molar-refractivity contribution in [3.05, 3.63) is 41.4 Å². The Balaban J connectivity index is 2.41. The van der Waals surface area contributed by atoms with E-state index >= 15 is 0 Å². The van der Waals surface area contributed by atoms with Crippen LogP contribution in [0.1, 0.15) is 19.0 Å². The van der Waals surface area contributed by atoms with Crippen molar-refractivity contribution < 1.29 is 0 Å². The highest BCUT2D eigenvalue weighted by atomic mass is 35.5. The largest absolute Gasteiger partial charge is 0.264 e. The van der Waals surface area contributed by atoms with Crippen LogP contribution in [0.3, 0.4) is 0 Å². The molecule has 2 aromatic heterocycles. The van der Waals surface area contributed by atoms with E-state index in [0.717, 1.165) is 24.1 Å². The SMILES string of the molecule is CCCc1cc(Cl)nc(-c2cccnc2)n1. The van der Waals surface area contributed by atoms with E-state index in [1.165, 1.54) is 0 Å². The molecule has 0 aliphatic heterocycles. The predicted octanol–water partition coefficient (Wildman–Crippen LogP) is 3.14. The van der Waals surface area contributed by atoms with Crippen molar-refractivity contribution in [2.24, 2.45) is 0 Å². The Morgan fingerprint density at radius 1 is 1.31 bits per heavy atom. The quantitative estimate of drug-likeness (QED) is 0.765. The Morgan fingerprint density at radius 2 is 2.19 bits per heavy atom. The molecule has 0 spiro atoms. The minimum atomic E-state index is 0.484. The number of pyridine rings is 1. The van der Waals surface area contributed by atoms with Gasteiger partial charge in [-0.15, -0.1) is 0 Å². The highest BCUT2D eigenvalue weighted by molar-refractivity contribution is 6.29. The maximum Gasteiger partial charge on any atom is 0.162 e. The van der Waals surface area contributed by atoms with Crippen LogP contribution in [-0.4, -0.2) is 15.0 Å². The van der Waals surface area contributed by atoms with Crippen LogP contribution in [0.5, 0.6) is 0 Å². The summed E-state index contributed by atoms with van der Waals surface area (Å²) in [6.07, 6.45) is 5.41. The van der Waals surface area contributed by atoms with E-state index in [1.54, 1.807) is 12.4 Å². The molecule has 0 aliphatic carbocycles. The average Bonchev–Trinajstić information content (AvgIpc) is 2.30. The van der Waals surface area contributed by atoms with Gasteiger partial charge < -0.3 is 0 Å². The van der Waals surface area contributed by atoms with E-state index in [2.05, 4.69) is 21.9 Å². The lowest BCUT2D eigenvalue weighted by Crippen LogP contribution is -1.96. The van der Waals surface area contributed by atoms with Crippen LogP contribution < -0.4 is 0 Å². The van der Waals surface area contributed by atoms with E-state index in [9.17, 15) is 0 Å². The first-order valence-corrected chi connectivity index (χ1v) is 5.61. The summed E-state index contributed by atoms with van der Waals surface area (Å²) in [6, 6.07) is 5.60. The third-order valence-electron chi connectivity index (χ3n) is 2.17. The van der Waals surface area contributed by atoms with Gasteiger partial charge in [-0.1, -0.05) is 24.9 Å². The number of nitrogens with zero attached hydrogens (tertiary/aromatic N) is 3. The fourth-order valence-corrected chi connectivity index (χ4v) is 1.68. The first-order valence-electron chi connectivity index (χ1n) is 5.23. The molecule has 2 rings (SSSR count). The summed E-state index contributed by atoms with van der Waals surface area (Å²) in [5.74, 6) is 0.643. The van der Waals surface area contributed by atoms with E-state index in [1.807, 2.05) is 18.2 Å². The molecule has 2 heterocycles. The smallest absolute Gasteiger partial charge is 0.162 e. The number of aryl methyl sites for hydroxylation is 1. The van der Waals surface area contributed by atoms with Crippen LogP contribution in [0.25, 0.3) is 11.4 Å². The monoisotopic (exact) mass is 233 g/mol. The maximum atomic E-state index is 5.96. The van der Waals surface area contributed by atoms with Gasteiger partial charge in [0.25, 0.3) is 0 Å². The zero-order chi connectivity index (χ0) is 11.4. The van der Waals surface area contributed by atoms with Crippen LogP contribution in [-0.2, 0) is 6.42 Å². The fourth-order valence-electron chi connectivity index (χ4n) is 1.47. The van der Waals surface area contributed by atoms with Crippen LogP contribution in [0, 0.1) is 0 Å². The topological polar surface area (TPSA) is 38.7 Å². The molecule has 4 heteroatoms. The Morgan fingerprint density at radius 3 is 2.88 bits per heavy atom. The van der Waals surface area contributed by atoms with Gasteiger partial charge in [0, 0.05) is 23.7 Å². The number of hydrogen-bond acceptors (Lipinski definition) is 3. The molecule has 0 radical (unpaired) electrons.